The lowest BCUT2D eigenvalue weighted by atomic mass is 9.90. The Kier molecular flexibility index (Phi) is 3.56. The van der Waals surface area contributed by atoms with E-state index >= 15 is 0 Å². The summed E-state index contributed by atoms with van der Waals surface area (Å²) in [6, 6.07) is 4.44. The number of ketones is 1. The van der Waals surface area contributed by atoms with Crippen LogP contribution < -0.4 is 4.74 Å². The van der Waals surface area contributed by atoms with Gasteiger partial charge in [-0.05, 0) is 36.8 Å². The molecule has 19 heavy (non-hydrogen) atoms. The summed E-state index contributed by atoms with van der Waals surface area (Å²) in [6.07, 6.45) is 5.22. The van der Waals surface area contributed by atoms with E-state index in [1.807, 2.05) is 19.9 Å². The van der Waals surface area contributed by atoms with Gasteiger partial charge in [-0.25, -0.2) is 4.39 Å². The Hall–Kier alpha value is -1.90. The summed E-state index contributed by atoms with van der Waals surface area (Å²) in [5.74, 6) is 0.289. The van der Waals surface area contributed by atoms with Crippen molar-refractivity contribution in [3.05, 3.63) is 47.8 Å². The molecule has 0 bridgehead atoms. The standard InChI is InChI=1S/C16H17FO2/c1-11(18)4-5-12-9-16(2,3)10-19-15-7-6-13(17)8-14(12)15/h4-9H,10H2,1-3H3. The van der Waals surface area contributed by atoms with Crippen LogP contribution in [-0.2, 0) is 4.79 Å². The summed E-state index contributed by atoms with van der Waals surface area (Å²) < 4.78 is 19.1. The highest BCUT2D eigenvalue weighted by Gasteiger charge is 2.23. The van der Waals surface area contributed by atoms with Crippen molar-refractivity contribution in [2.75, 3.05) is 6.61 Å². The van der Waals surface area contributed by atoms with Gasteiger partial charge in [-0.3, -0.25) is 4.79 Å². The van der Waals surface area contributed by atoms with E-state index in [0.29, 0.717) is 17.9 Å². The highest BCUT2D eigenvalue weighted by molar-refractivity contribution is 5.91. The molecule has 3 heteroatoms. The number of rotatable bonds is 2. The molecular formula is C16H17FO2. The van der Waals surface area contributed by atoms with Gasteiger partial charge >= 0.3 is 0 Å². The first-order valence-corrected chi connectivity index (χ1v) is 6.22. The lowest BCUT2D eigenvalue weighted by molar-refractivity contribution is -0.112. The van der Waals surface area contributed by atoms with E-state index in [1.165, 1.54) is 25.1 Å². The summed E-state index contributed by atoms with van der Waals surface area (Å²) in [5, 5.41) is 0. The summed E-state index contributed by atoms with van der Waals surface area (Å²) in [4.78, 5) is 11.1. The Morgan fingerprint density at radius 2 is 2.16 bits per heavy atom. The molecule has 0 fully saturated rings. The fourth-order valence-corrected chi connectivity index (χ4v) is 2.00. The van der Waals surface area contributed by atoms with Crippen LogP contribution in [-0.4, -0.2) is 12.4 Å². The van der Waals surface area contributed by atoms with Crippen LogP contribution in [0.3, 0.4) is 0 Å². The molecule has 0 atom stereocenters. The van der Waals surface area contributed by atoms with E-state index in [9.17, 15) is 9.18 Å². The molecule has 0 saturated heterocycles. The van der Waals surface area contributed by atoms with Crippen molar-refractivity contribution < 1.29 is 13.9 Å². The van der Waals surface area contributed by atoms with Crippen LogP contribution >= 0.6 is 0 Å². The molecule has 0 aliphatic carbocycles. The van der Waals surface area contributed by atoms with Crippen LogP contribution in [0.1, 0.15) is 26.3 Å². The van der Waals surface area contributed by atoms with Gasteiger partial charge in [0.05, 0.1) is 6.61 Å². The molecule has 2 nitrogen and oxygen atoms in total. The van der Waals surface area contributed by atoms with E-state index in [0.717, 1.165) is 5.57 Å². The number of carbonyl (C=O) groups excluding carboxylic acids is 1. The summed E-state index contributed by atoms with van der Waals surface area (Å²) >= 11 is 0. The van der Waals surface area contributed by atoms with Crippen LogP contribution in [0.5, 0.6) is 5.75 Å². The molecule has 100 valence electrons. The average Bonchev–Trinajstić information content (AvgIpc) is 2.44. The van der Waals surface area contributed by atoms with Gasteiger partial charge in [0, 0.05) is 11.0 Å². The topological polar surface area (TPSA) is 26.3 Å². The fourth-order valence-electron chi connectivity index (χ4n) is 2.00. The third-order valence-corrected chi connectivity index (χ3v) is 2.90. The minimum absolute atomic E-state index is 0.0400. The van der Waals surface area contributed by atoms with Gasteiger partial charge in [0.15, 0.2) is 5.78 Å². The minimum atomic E-state index is -0.316. The maximum atomic E-state index is 13.4. The first-order valence-electron chi connectivity index (χ1n) is 6.22. The minimum Gasteiger partial charge on any atom is -0.492 e. The van der Waals surface area contributed by atoms with Gasteiger partial charge < -0.3 is 4.74 Å². The number of carbonyl (C=O) groups is 1. The molecule has 0 unspecified atom stereocenters. The van der Waals surface area contributed by atoms with Crippen molar-refractivity contribution in [1.29, 1.82) is 0 Å². The number of hydrogen-bond acceptors (Lipinski definition) is 2. The molecule has 0 amide bonds. The first kappa shape index (κ1) is 13.5. The molecule has 1 aromatic carbocycles. The second-order valence-electron chi connectivity index (χ2n) is 5.46. The molecule has 0 aromatic heterocycles. The molecule has 0 saturated carbocycles. The third-order valence-electron chi connectivity index (χ3n) is 2.90. The predicted molar refractivity (Wildman–Crippen MR) is 73.5 cm³/mol. The number of fused-ring (bicyclic) bond motifs is 1. The Morgan fingerprint density at radius 1 is 1.42 bits per heavy atom. The van der Waals surface area contributed by atoms with E-state index in [1.54, 1.807) is 12.1 Å². The maximum absolute atomic E-state index is 13.4. The van der Waals surface area contributed by atoms with Crippen molar-refractivity contribution >= 4 is 11.4 Å². The van der Waals surface area contributed by atoms with Crippen molar-refractivity contribution in [2.24, 2.45) is 5.41 Å². The normalized spacial score (nSPS) is 17.4. The van der Waals surface area contributed by atoms with Gasteiger partial charge in [-0.2, -0.15) is 0 Å². The Balaban J connectivity index is 2.54. The quantitative estimate of drug-likeness (QED) is 0.756. The van der Waals surface area contributed by atoms with Gasteiger partial charge in [-0.15, -0.1) is 0 Å². The lowest BCUT2D eigenvalue weighted by Gasteiger charge is -2.18. The van der Waals surface area contributed by atoms with Crippen molar-refractivity contribution in [3.8, 4) is 5.75 Å². The zero-order chi connectivity index (χ0) is 14.0. The molecule has 1 aromatic rings. The fraction of sp³-hybridized carbons (Fsp3) is 0.312. The zero-order valence-electron chi connectivity index (χ0n) is 11.4. The van der Waals surface area contributed by atoms with Crippen LogP contribution in [0.25, 0.3) is 5.57 Å². The lowest BCUT2D eigenvalue weighted by Crippen LogP contribution is -2.17. The van der Waals surface area contributed by atoms with Crippen LogP contribution in [0.15, 0.2) is 36.4 Å². The molecule has 0 radical (unpaired) electrons. The zero-order valence-corrected chi connectivity index (χ0v) is 11.4. The predicted octanol–water partition coefficient (Wildman–Crippen LogP) is 3.77. The molecule has 1 heterocycles. The molecule has 0 N–H and O–H groups in total. The van der Waals surface area contributed by atoms with Crippen molar-refractivity contribution in [3.63, 3.8) is 0 Å². The smallest absolute Gasteiger partial charge is 0.152 e. The Bertz CT molecular complexity index is 568. The number of hydrogen-bond donors (Lipinski definition) is 0. The molecular weight excluding hydrogens is 243 g/mol. The first-order chi connectivity index (χ1) is 8.87. The van der Waals surface area contributed by atoms with E-state index in [4.69, 9.17) is 4.74 Å². The largest absolute Gasteiger partial charge is 0.492 e. The highest BCUT2D eigenvalue weighted by atomic mass is 19.1. The molecule has 0 spiro atoms. The molecule has 1 aliphatic heterocycles. The highest BCUT2D eigenvalue weighted by Crippen LogP contribution is 2.36. The van der Waals surface area contributed by atoms with E-state index < -0.39 is 0 Å². The van der Waals surface area contributed by atoms with Crippen LogP contribution in [0.4, 0.5) is 4.39 Å². The average molecular weight is 260 g/mol. The summed E-state index contributed by atoms with van der Waals surface area (Å²) in [5.41, 5.74) is 1.32. The molecule has 2 rings (SSSR count). The number of ether oxygens (including phenoxy) is 1. The monoisotopic (exact) mass is 260 g/mol. The van der Waals surface area contributed by atoms with Gasteiger partial charge in [0.1, 0.15) is 11.6 Å². The second kappa shape index (κ2) is 5.00. The van der Waals surface area contributed by atoms with Gasteiger partial charge in [0.2, 0.25) is 0 Å². The van der Waals surface area contributed by atoms with Crippen molar-refractivity contribution in [1.82, 2.24) is 0 Å². The van der Waals surface area contributed by atoms with E-state index in [2.05, 4.69) is 0 Å². The van der Waals surface area contributed by atoms with Gasteiger partial charge in [0.25, 0.3) is 0 Å². The summed E-state index contributed by atoms with van der Waals surface area (Å²) in [6.45, 7) is 6.08. The van der Waals surface area contributed by atoms with Crippen LogP contribution in [0, 0.1) is 11.2 Å². The van der Waals surface area contributed by atoms with Crippen molar-refractivity contribution in [2.45, 2.75) is 20.8 Å². The van der Waals surface area contributed by atoms with Crippen LogP contribution in [0.2, 0.25) is 0 Å². The SMILES string of the molecule is CC(=O)C=CC1=CC(C)(C)COc2ccc(F)cc21. The maximum Gasteiger partial charge on any atom is 0.152 e. The number of benzene rings is 1. The Morgan fingerprint density at radius 3 is 2.84 bits per heavy atom. The Labute approximate surface area is 112 Å². The summed E-state index contributed by atoms with van der Waals surface area (Å²) in [7, 11) is 0. The second-order valence-corrected chi connectivity index (χ2v) is 5.46. The third kappa shape index (κ3) is 3.31. The number of allylic oxidation sites excluding steroid dienone is 3. The van der Waals surface area contributed by atoms with Gasteiger partial charge in [-0.1, -0.05) is 26.0 Å². The number of halogens is 1. The van der Waals surface area contributed by atoms with E-state index in [-0.39, 0.29) is 17.0 Å². The molecule has 1 aliphatic rings.